The fourth-order valence-electron chi connectivity index (χ4n) is 1.52. The SMILES string of the molecule is Cc1ccc(Br)c(C(O)c2cccs2)c1F. The summed E-state index contributed by atoms with van der Waals surface area (Å²) in [6.45, 7) is 1.69. The molecule has 1 unspecified atom stereocenters. The van der Waals surface area contributed by atoms with Crippen LogP contribution >= 0.6 is 27.3 Å². The molecule has 0 bridgehead atoms. The molecule has 84 valence electrons. The van der Waals surface area contributed by atoms with Gasteiger partial charge in [0.05, 0.1) is 0 Å². The molecule has 0 aliphatic rings. The van der Waals surface area contributed by atoms with Crippen LogP contribution in [0.4, 0.5) is 4.39 Å². The fraction of sp³-hybridized carbons (Fsp3) is 0.167. The summed E-state index contributed by atoms with van der Waals surface area (Å²) in [7, 11) is 0. The molecule has 1 N–H and O–H groups in total. The average Bonchev–Trinajstić information content (AvgIpc) is 2.77. The molecule has 1 heterocycles. The normalized spacial score (nSPS) is 12.8. The van der Waals surface area contributed by atoms with Gasteiger partial charge in [-0.1, -0.05) is 28.1 Å². The molecular formula is C12H10BrFOS. The van der Waals surface area contributed by atoms with Crippen LogP contribution in [0.2, 0.25) is 0 Å². The zero-order valence-corrected chi connectivity index (χ0v) is 11.0. The van der Waals surface area contributed by atoms with Gasteiger partial charge in [-0.3, -0.25) is 0 Å². The van der Waals surface area contributed by atoms with Crippen LogP contribution in [-0.2, 0) is 0 Å². The molecule has 1 aromatic heterocycles. The van der Waals surface area contributed by atoms with Gasteiger partial charge < -0.3 is 5.11 Å². The smallest absolute Gasteiger partial charge is 0.133 e. The van der Waals surface area contributed by atoms with Crippen LogP contribution < -0.4 is 0 Å². The second-order valence-corrected chi connectivity index (χ2v) is 5.34. The van der Waals surface area contributed by atoms with E-state index in [1.807, 2.05) is 11.4 Å². The fourth-order valence-corrected chi connectivity index (χ4v) is 2.76. The lowest BCUT2D eigenvalue weighted by atomic mass is 10.0. The minimum absolute atomic E-state index is 0.308. The first-order chi connectivity index (χ1) is 7.61. The number of hydrogen-bond acceptors (Lipinski definition) is 2. The highest BCUT2D eigenvalue weighted by Gasteiger charge is 2.20. The molecule has 0 amide bonds. The first-order valence-electron chi connectivity index (χ1n) is 4.77. The summed E-state index contributed by atoms with van der Waals surface area (Å²) in [4.78, 5) is 0.741. The van der Waals surface area contributed by atoms with Crippen LogP contribution in [0.3, 0.4) is 0 Å². The van der Waals surface area contributed by atoms with E-state index in [9.17, 15) is 9.50 Å². The van der Waals surface area contributed by atoms with E-state index >= 15 is 0 Å². The third-order valence-electron chi connectivity index (χ3n) is 2.41. The molecule has 1 atom stereocenters. The third-order valence-corrected chi connectivity index (χ3v) is 4.02. The van der Waals surface area contributed by atoms with Crippen LogP contribution in [0.15, 0.2) is 34.1 Å². The third kappa shape index (κ3) is 2.05. The summed E-state index contributed by atoms with van der Waals surface area (Å²) in [6.07, 6.45) is -0.908. The molecule has 0 aliphatic heterocycles. The lowest BCUT2D eigenvalue weighted by molar-refractivity contribution is 0.217. The number of aliphatic hydroxyl groups is 1. The number of aliphatic hydroxyl groups excluding tert-OH is 1. The highest BCUT2D eigenvalue weighted by molar-refractivity contribution is 9.10. The van der Waals surface area contributed by atoms with Gasteiger partial charge in [0.15, 0.2) is 0 Å². The van der Waals surface area contributed by atoms with Crippen molar-refractivity contribution in [3.05, 3.63) is 55.9 Å². The van der Waals surface area contributed by atoms with Crippen LogP contribution in [0.25, 0.3) is 0 Å². The van der Waals surface area contributed by atoms with Crippen molar-refractivity contribution >= 4 is 27.3 Å². The second-order valence-electron chi connectivity index (χ2n) is 3.51. The molecule has 1 nitrogen and oxygen atoms in total. The van der Waals surface area contributed by atoms with Crippen molar-refractivity contribution < 1.29 is 9.50 Å². The number of halogens is 2. The van der Waals surface area contributed by atoms with Gasteiger partial charge in [-0.15, -0.1) is 11.3 Å². The van der Waals surface area contributed by atoms with Gasteiger partial charge in [-0.05, 0) is 30.0 Å². The summed E-state index contributed by atoms with van der Waals surface area (Å²) in [5.74, 6) is -0.352. The Hall–Kier alpha value is -0.710. The van der Waals surface area contributed by atoms with Gasteiger partial charge in [-0.2, -0.15) is 0 Å². The Balaban J connectivity index is 2.52. The van der Waals surface area contributed by atoms with Crippen molar-refractivity contribution in [2.45, 2.75) is 13.0 Å². The Morgan fingerprint density at radius 1 is 1.38 bits per heavy atom. The van der Waals surface area contributed by atoms with Gasteiger partial charge in [0.2, 0.25) is 0 Å². The lowest BCUT2D eigenvalue weighted by Crippen LogP contribution is -2.03. The monoisotopic (exact) mass is 300 g/mol. The van der Waals surface area contributed by atoms with Crippen molar-refractivity contribution in [2.75, 3.05) is 0 Å². The van der Waals surface area contributed by atoms with Crippen molar-refractivity contribution in [3.63, 3.8) is 0 Å². The summed E-state index contributed by atoms with van der Waals surface area (Å²) >= 11 is 4.68. The predicted molar refractivity (Wildman–Crippen MR) is 67.2 cm³/mol. The molecule has 0 radical (unpaired) electrons. The Morgan fingerprint density at radius 3 is 2.75 bits per heavy atom. The van der Waals surface area contributed by atoms with Crippen LogP contribution in [0.5, 0.6) is 0 Å². The van der Waals surface area contributed by atoms with Crippen LogP contribution in [0, 0.1) is 12.7 Å². The largest absolute Gasteiger partial charge is 0.383 e. The van der Waals surface area contributed by atoms with E-state index in [2.05, 4.69) is 15.9 Å². The molecule has 16 heavy (non-hydrogen) atoms. The first-order valence-corrected chi connectivity index (χ1v) is 6.44. The summed E-state index contributed by atoms with van der Waals surface area (Å²) in [5.41, 5.74) is 0.844. The Morgan fingerprint density at radius 2 is 2.12 bits per heavy atom. The minimum atomic E-state index is -0.908. The second kappa shape index (κ2) is 4.65. The molecule has 0 fully saturated rings. The zero-order chi connectivity index (χ0) is 11.7. The van der Waals surface area contributed by atoms with Crippen molar-refractivity contribution in [2.24, 2.45) is 0 Å². The van der Waals surface area contributed by atoms with E-state index in [0.29, 0.717) is 15.6 Å². The maximum Gasteiger partial charge on any atom is 0.133 e. The van der Waals surface area contributed by atoms with E-state index < -0.39 is 6.10 Å². The quantitative estimate of drug-likeness (QED) is 0.887. The molecule has 1 aromatic carbocycles. The molecule has 0 aliphatic carbocycles. The van der Waals surface area contributed by atoms with Gasteiger partial charge in [0, 0.05) is 14.9 Å². The summed E-state index contributed by atoms with van der Waals surface area (Å²) in [5, 5.41) is 12.0. The summed E-state index contributed by atoms with van der Waals surface area (Å²) < 4.78 is 14.5. The topological polar surface area (TPSA) is 20.2 Å². The highest BCUT2D eigenvalue weighted by Crippen LogP contribution is 2.33. The molecule has 4 heteroatoms. The predicted octanol–water partition coefficient (Wildman–Crippen LogP) is 4.04. The van der Waals surface area contributed by atoms with Crippen molar-refractivity contribution in [3.8, 4) is 0 Å². The van der Waals surface area contributed by atoms with Crippen LogP contribution in [-0.4, -0.2) is 5.11 Å². The van der Waals surface area contributed by atoms with Crippen LogP contribution in [0.1, 0.15) is 22.1 Å². The lowest BCUT2D eigenvalue weighted by Gasteiger charge is -2.13. The Labute approximate surface area is 106 Å². The van der Waals surface area contributed by atoms with Gasteiger partial charge in [0.1, 0.15) is 11.9 Å². The van der Waals surface area contributed by atoms with Crippen molar-refractivity contribution in [1.29, 1.82) is 0 Å². The molecule has 0 saturated carbocycles. The van der Waals surface area contributed by atoms with Gasteiger partial charge in [0.25, 0.3) is 0 Å². The number of benzene rings is 1. The average molecular weight is 301 g/mol. The van der Waals surface area contributed by atoms with E-state index in [0.717, 1.165) is 4.88 Å². The van der Waals surface area contributed by atoms with E-state index in [1.165, 1.54) is 11.3 Å². The maximum absolute atomic E-state index is 13.9. The standard InChI is InChI=1S/C12H10BrFOS/c1-7-4-5-8(13)10(11(7)14)12(15)9-3-2-6-16-9/h2-6,12,15H,1H3. The zero-order valence-electron chi connectivity index (χ0n) is 8.58. The highest BCUT2D eigenvalue weighted by atomic mass is 79.9. The Bertz CT molecular complexity index is 496. The van der Waals surface area contributed by atoms with Gasteiger partial charge in [-0.25, -0.2) is 4.39 Å². The van der Waals surface area contributed by atoms with E-state index in [1.54, 1.807) is 25.1 Å². The maximum atomic E-state index is 13.9. The minimum Gasteiger partial charge on any atom is -0.383 e. The molecule has 2 rings (SSSR count). The first kappa shape index (κ1) is 11.8. The number of rotatable bonds is 2. The molecule has 0 spiro atoms. The number of aryl methyl sites for hydroxylation is 1. The van der Waals surface area contributed by atoms with Gasteiger partial charge >= 0.3 is 0 Å². The Kier molecular flexibility index (Phi) is 3.42. The number of thiophene rings is 1. The van der Waals surface area contributed by atoms with E-state index in [4.69, 9.17) is 0 Å². The van der Waals surface area contributed by atoms with E-state index in [-0.39, 0.29) is 5.82 Å². The molecular weight excluding hydrogens is 291 g/mol. The van der Waals surface area contributed by atoms with Crippen molar-refractivity contribution in [1.82, 2.24) is 0 Å². The molecule has 2 aromatic rings. The summed E-state index contributed by atoms with van der Waals surface area (Å²) in [6, 6.07) is 7.07. The molecule has 0 saturated heterocycles. The number of hydrogen-bond donors (Lipinski definition) is 1.